The van der Waals surface area contributed by atoms with E-state index in [1.165, 1.54) is 0 Å². The van der Waals surface area contributed by atoms with E-state index in [-0.39, 0.29) is 11.8 Å². The maximum Gasteiger partial charge on any atom is 0.410 e. The summed E-state index contributed by atoms with van der Waals surface area (Å²) in [6.45, 7) is 12.2. The lowest BCUT2D eigenvalue weighted by atomic mass is 10.2. The van der Waals surface area contributed by atoms with Gasteiger partial charge in [-0.3, -0.25) is 0 Å². The number of ether oxygens (including phenoxy) is 1. The molecule has 0 bridgehead atoms. The number of carbonyl (C=O) groups excluding carboxylic acids is 1. The molecule has 5 heteroatoms. The summed E-state index contributed by atoms with van der Waals surface area (Å²) in [6, 6.07) is 3.77. The Kier molecular flexibility index (Phi) is 4.50. The Morgan fingerprint density at radius 2 is 1.95 bits per heavy atom. The second-order valence-electron chi connectivity index (χ2n) is 6.88. The van der Waals surface area contributed by atoms with E-state index < -0.39 is 13.7 Å². The van der Waals surface area contributed by atoms with Crippen LogP contribution in [0.25, 0.3) is 0 Å². The van der Waals surface area contributed by atoms with Gasteiger partial charge in [-0.25, -0.2) is 4.79 Å². The van der Waals surface area contributed by atoms with Gasteiger partial charge in [0.15, 0.2) is 0 Å². The van der Waals surface area contributed by atoms with Gasteiger partial charge in [-0.05, 0) is 32.9 Å². The molecule has 1 atom stereocenters. The molecule has 1 heterocycles. The highest BCUT2D eigenvalue weighted by Crippen LogP contribution is 2.31. The van der Waals surface area contributed by atoms with Crippen molar-refractivity contribution in [3.8, 4) is 0 Å². The molecule has 0 saturated carbocycles. The average Bonchev–Trinajstić information content (AvgIpc) is 2.65. The first kappa shape index (κ1) is 15.8. The zero-order valence-electron chi connectivity index (χ0n) is 13.0. The third-order valence-corrected chi connectivity index (χ3v) is 5.01. The Labute approximate surface area is 116 Å². The second-order valence-corrected chi connectivity index (χ2v) is 12.2. The summed E-state index contributed by atoms with van der Waals surface area (Å²) in [7, 11) is 0.116. The molecule has 4 nitrogen and oxygen atoms in total. The van der Waals surface area contributed by atoms with E-state index in [1.54, 1.807) is 18.2 Å². The van der Waals surface area contributed by atoms with Crippen LogP contribution in [0.1, 0.15) is 32.2 Å². The number of furan rings is 1. The van der Waals surface area contributed by atoms with Crippen molar-refractivity contribution in [1.82, 2.24) is 4.90 Å². The lowest BCUT2D eigenvalue weighted by Gasteiger charge is -2.36. The Morgan fingerprint density at radius 3 is 2.32 bits per heavy atom. The summed E-state index contributed by atoms with van der Waals surface area (Å²) < 4.78 is 11.0. The van der Waals surface area contributed by atoms with E-state index in [0.29, 0.717) is 0 Å². The fraction of sp³-hybridized carbons (Fsp3) is 0.643. The predicted molar refractivity (Wildman–Crippen MR) is 78.8 cm³/mol. The molecule has 0 aliphatic carbocycles. The molecule has 0 aliphatic rings. The van der Waals surface area contributed by atoms with Gasteiger partial charge in [-0.2, -0.15) is 0 Å². The molecule has 0 saturated heterocycles. The van der Waals surface area contributed by atoms with Gasteiger partial charge in [0, 0.05) is 7.05 Å². The predicted octanol–water partition coefficient (Wildman–Crippen LogP) is 4.07. The van der Waals surface area contributed by atoms with Crippen LogP contribution in [-0.2, 0) is 4.74 Å². The minimum Gasteiger partial charge on any atom is -0.467 e. The van der Waals surface area contributed by atoms with Crippen LogP contribution < -0.4 is 0 Å². The smallest absolute Gasteiger partial charge is 0.410 e. The molecule has 0 aromatic carbocycles. The molecule has 0 N–H and O–H groups in total. The van der Waals surface area contributed by atoms with Crippen molar-refractivity contribution in [2.75, 3.05) is 7.05 Å². The van der Waals surface area contributed by atoms with E-state index in [9.17, 15) is 4.79 Å². The minimum absolute atomic E-state index is 0.0302. The highest BCUT2D eigenvalue weighted by Gasteiger charge is 2.37. The average molecular weight is 283 g/mol. The van der Waals surface area contributed by atoms with E-state index >= 15 is 0 Å². The highest BCUT2D eigenvalue weighted by atomic mass is 28.3. The summed E-state index contributed by atoms with van der Waals surface area (Å²) in [5.41, 5.74) is -0.518. The zero-order valence-corrected chi connectivity index (χ0v) is 14.0. The van der Waals surface area contributed by atoms with E-state index in [4.69, 9.17) is 9.15 Å². The Morgan fingerprint density at radius 1 is 1.37 bits per heavy atom. The first-order valence-electron chi connectivity index (χ1n) is 6.51. The largest absolute Gasteiger partial charge is 0.467 e. The summed E-state index contributed by atoms with van der Waals surface area (Å²) in [4.78, 5) is 13.9. The van der Waals surface area contributed by atoms with E-state index in [2.05, 4.69) is 19.6 Å². The Bertz CT molecular complexity index is 415. The number of amides is 1. The summed E-state index contributed by atoms with van der Waals surface area (Å²) in [6.07, 6.45) is 1.34. The highest BCUT2D eigenvalue weighted by molar-refractivity contribution is 6.77. The fourth-order valence-electron chi connectivity index (χ4n) is 2.08. The van der Waals surface area contributed by atoms with Crippen LogP contribution in [0.4, 0.5) is 4.79 Å². The second kappa shape index (κ2) is 5.41. The molecule has 1 amide bonds. The third kappa shape index (κ3) is 4.42. The molecule has 0 spiro atoms. The van der Waals surface area contributed by atoms with Gasteiger partial charge in [0.05, 0.1) is 20.0 Å². The van der Waals surface area contributed by atoms with Crippen LogP contribution in [0.3, 0.4) is 0 Å². The third-order valence-electron chi connectivity index (χ3n) is 2.70. The lowest BCUT2D eigenvalue weighted by Crippen LogP contribution is -2.46. The van der Waals surface area contributed by atoms with Crippen molar-refractivity contribution in [1.29, 1.82) is 0 Å². The molecule has 1 aromatic heterocycles. The monoisotopic (exact) mass is 283 g/mol. The molecular weight excluding hydrogens is 258 g/mol. The number of hydrogen-bond donors (Lipinski definition) is 0. The first-order chi connectivity index (χ1) is 8.52. The maximum absolute atomic E-state index is 12.2. The Balaban J connectivity index is 2.97. The summed E-state index contributed by atoms with van der Waals surface area (Å²) >= 11 is 0. The molecule has 19 heavy (non-hydrogen) atoms. The van der Waals surface area contributed by atoms with Gasteiger partial charge < -0.3 is 14.1 Å². The number of hydrogen-bond acceptors (Lipinski definition) is 3. The molecule has 0 radical (unpaired) electrons. The van der Waals surface area contributed by atoms with Crippen molar-refractivity contribution in [3.05, 3.63) is 24.2 Å². The van der Waals surface area contributed by atoms with Crippen molar-refractivity contribution < 1.29 is 13.9 Å². The quantitative estimate of drug-likeness (QED) is 0.785. The number of carbonyl (C=O) groups is 1. The van der Waals surface area contributed by atoms with Gasteiger partial charge >= 0.3 is 6.09 Å². The molecule has 1 rings (SSSR count). The standard InChI is InChI=1S/C14H25NO3Si/c1-14(2,3)18-13(16)15(4)12(19(5,6)7)11-9-8-10-17-11/h8-10,12H,1-7H3. The Hall–Kier alpha value is -1.23. The topological polar surface area (TPSA) is 42.7 Å². The SMILES string of the molecule is CN(C(=O)OC(C)(C)C)C(c1ccco1)[Si](C)(C)C. The number of rotatable bonds is 3. The van der Waals surface area contributed by atoms with Crippen molar-refractivity contribution >= 4 is 14.2 Å². The van der Waals surface area contributed by atoms with Gasteiger partial charge in [0.1, 0.15) is 11.4 Å². The van der Waals surface area contributed by atoms with E-state index in [0.717, 1.165) is 5.76 Å². The van der Waals surface area contributed by atoms with Crippen LogP contribution in [0.2, 0.25) is 19.6 Å². The van der Waals surface area contributed by atoms with Crippen LogP contribution in [0.15, 0.2) is 22.8 Å². The van der Waals surface area contributed by atoms with Gasteiger partial charge in [-0.15, -0.1) is 0 Å². The van der Waals surface area contributed by atoms with Crippen LogP contribution in [0, 0.1) is 0 Å². The zero-order chi connectivity index (χ0) is 14.8. The summed E-state index contributed by atoms with van der Waals surface area (Å²) in [5, 5.41) is 0. The van der Waals surface area contributed by atoms with E-state index in [1.807, 2.05) is 32.9 Å². The molecule has 0 fully saturated rings. The van der Waals surface area contributed by atoms with Crippen LogP contribution >= 0.6 is 0 Å². The molecule has 108 valence electrons. The fourth-order valence-corrected chi connectivity index (χ4v) is 4.37. The minimum atomic E-state index is -1.66. The first-order valence-corrected chi connectivity index (χ1v) is 10.1. The van der Waals surface area contributed by atoms with Gasteiger partial charge in [-0.1, -0.05) is 19.6 Å². The molecule has 1 unspecified atom stereocenters. The molecule has 1 aromatic rings. The summed E-state index contributed by atoms with van der Waals surface area (Å²) in [5.74, 6) is 0.826. The number of nitrogens with zero attached hydrogens (tertiary/aromatic N) is 1. The van der Waals surface area contributed by atoms with Crippen LogP contribution in [-0.4, -0.2) is 31.7 Å². The molecule has 0 aliphatic heterocycles. The maximum atomic E-state index is 12.2. The normalized spacial score (nSPS) is 14.1. The van der Waals surface area contributed by atoms with Crippen molar-refractivity contribution in [2.24, 2.45) is 0 Å². The van der Waals surface area contributed by atoms with Gasteiger partial charge in [0.25, 0.3) is 0 Å². The lowest BCUT2D eigenvalue weighted by molar-refractivity contribution is 0.0254. The van der Waals surface area contributed by atoms with Crippen LogP contribution in [0.5, 0.6) is 0 Å². The van der Waals surface area contributed by atoms with Gasteiger partial charge in [0.2, 0.25) is 0 Å². The van der Waals surface area contributed by atoms with Crippen molar-refractivity contribution in [2.45, 2.75) is 51.7 Å². The molecular formula is C14H25NO3Si. The van der Waals surface area contributed by atoms with Crippen molar-refractivity contribution in [3.63, 3.8) is 0 Å².